The largest absolute Gasteiger partial charge is 0.616 e. The minimum atomic E-state index is -1.06. The highest BCUT2D eigenvalue weighted by Crippen LogP contribution is 2.24. The molecule has 30 heavy (non-hydrogen) atoms. The maximum Gasteiger partial charge on any atom is 0.341 e. The number of unbranched alkanes of at least 4 members (excludes halogenated alkanes) is 8. The van der Waals surface area contributed by atoms with Gasteiger partial charge in [-0.1, -0.05) is 68.8 Å². The molecule has 0 saturated carbocycles. The van der Waals surface area contributed by atoms with Crippen LogP contribution in [0.4, 0.5) is 5.69 Å². The third kappa shape index (κ3) is 13.5. The molecule has 0 radical (unpaired) electrons. The second kappa shape index (κ2) is 17.0. The average Bonchev–Trinajstić information content (AvgIpc) is 2.72. The second-order valence-corrected chi connectivity index (χ2v) is 9.20. The van der Waals surface area contributed by atoms with Gasteiger partial charge in [0.2, 0.25) is 5.91 Å². The van der Waals surface area contributed by atoms with Crippen LogP contribution >= 0.6 is 0 Å². The van der Waals surface area contributed by atoms with Gasteiger partial charge < -0.3 is 19.7 Å². The lowest BCUT2D eigenvalue weighted by Gasteiger charge is -2.11. The lowest BCUT2D eigenvalue weighted by molar-refractivity contribution is -0.139. The number of amides is 1. The number of carboxylic acids is 1. The number of hydrogen-bond acceptors (Lipinski definition) is 4. The van der Waals surface area contributed by atoms with Crippen molar-refractivity contribution < 1.29 is 24.0 Å². The Bertz CT molecular complexity index is 611. The van der Waals surface area contributed by atoms with Crippen LogP contribution in [0.15, 0.2) is 24.3 Å². The van der Waals surface area contributed by atoms with Gasteiger partial charge in [-0.15, -0.1) is 0 Å². The number of carbonyl (C=O) groups is 2. The molecule has 1 unspecified atom stereocenters. The van der Waals surface area contributed by atoms with Crippen molar-refractivity contribution in [1.29, 1.82) is 0 Å². The van der Waals surface area contributed by atoms with E-state index < -0.39 is 23.8 Å². The van der Waals surface area contributed by atoms with Crippen LogP contribution in [-0.2, 0) is 20.8 Å². The normalized spacial score (nSPS) is 11.8. The number of rotatable bonds is 18. The summed E-state index contributed by atoms with van der Waals surface area (Å²) in [6, 6.07) is 6.85. The molecule has 1 amide bonds. The summed E-state index contributed by atoms with van der Waals surface area (Å²) in [4.78, 5) is 22.8. The van der Waals surface area contributed by atoms with Crippen molar-refractivity contribution in [2.75, 3.05) is 23.4 Å². The zero-order chi connectivity index (χ0) is 22.0. The van der Waals surface area contributed by atoms with Crippen LogP contribution < -0.4 is 10.1 Å². The summed E-state index contributed by atoms with van der Waals surface area (Å²) < 4.78 is 16.9. The average molecular weight is 440 g/mol. The van der Waals surface area contributed by atoms with E-state index in [1.807, 2.05) is 0 Å². The minimum Gasteiger partial charge on any atom is -0.616 e. The zero-order valence-corrected chi connectivity index (χ0v) is 19.0. The number of anilines is 1. The van der Waals surface area contributed by atoms with Crippen molar-refractivity contribution in [3.8, 4) is 5.75 Å². The quantitative estimate of drug-likeness (QED) is 0.243. The van der Waals surface area contributed by atoms with Crippen molar-refractivity contribution in [2.45, 2.75) is 77.6 Å². The summed E-state index contributed by atoms with van der Waals surface area (Å²) in [5.41, 5.74) is 0.499. The standard InChI is InChI=1S/C23H37NO5S/c1-2-3-17-30(28)18-13-9-7-5-4-6-8-10-16-22(25)24-20-14-11-12-15-21(20)29-19-23(26)27/h11-12,14-15H,2-10,13,16-19H2,1H3,(H,24,25)(H,26,27). The number of ether oxygens (including phenoxy) is 1. The predicted molar refractivity (Wildman–Crippen MR) is 123 cm³/mol. The van der Waals surface area contributed by atoms with Crippen LogP contribution in [0.1, 0.15) is 77.6 Å². The van der Waals surface area contributed by atoms with Crippen LogP contribution in [-0.4, -0.2) is 39.6 Å². The van der Waals surface area contributed by atoms with Gasteiger partial charge in [-0.05, 0) is 37.8 Å². The Hall–Kier alpha value is -1.73. The Labute approximate surface area is 184 Å². The predicted octanol–water partition coefficient (Wildman–Crippen LogP) is 5.15. The first-order valence-corrected chi connectivity index (χ1v) is 12.6. The van der Waals surface area contributed by atoms with Crippen molar-refractivity contribution >= 4 is 28.7 Å². The van der Waals surface area contributed by atoms with Gasteiger partial charge in [0, 0.05) is 6.42 Å². The third-order valence-corrected chi connectivity index (χ3v) is 6.25. The van der Waals surface area contributed by atoms with Crippen LogP contribution in [0.25, 0.3) is 0 Å². The molecule has 1 aromatic rings. The summed E-state index contributed by atoms with van der Waals surface area (Å²) in [5.74, 6) is 0.919. The lowest BCUT2D eigenvalue weighted by Crippen LogP contribution is -2.14. The molecule has 0 heterocycles. The molecular weight excluding hydrogens is 402 g/mol. The Morgan fingerprint density at radius 3 is 2.23 bits per heavy atom. The van der Waals surface area contributed by atoms with Gasteiger partial charge in [-0.3, -0.25) is 4.79 Å². The SMILES string of the molecule is CCCC[S+]([O-])CCCCCCCCCCC(=O)Nc1ccccc1OCC(=O)O. The molecule has 0 aliphatic carbocycles. The van der Waals surface area contributed by atoms with E-state index in [-0.39, 0.29) is 5.91 Å². The first-order valence-electron chi connectivity index (χ1n) is 11.1. The second-order valence-electron chi connectivity index (χ2n) is 7.51. The molecular formula is C23H37NO5S. The first kappa shape index (κ1) is 26.3. The number of carboxylic acid groups (broad SMARTS) is 1. The van der Waals surface area contributed by atoms with Gasteiger partial charge in [0.25, 0.3) is 0 Å². The van der Waals surface area contributed by atoms with E-state index in [2.05, 4.69) is 12.2 Å². The van der Waals surface area contributed by atoms with E-state index in [9.17, 15) is 14.1 Å². The molecule has 0 fully saturated rings. The molecule has 0 aliphatic rings. The molecule has 7 heteroatoms. The van der Waals surface area contributed by atoms with E-state index in [1.165, 1.54) is 19.3 Å². The smallest absolute Gasteiger partial charge is 0.341 e. The van der Waals surface area contributed by atoms with Gasteiger partial charge >= 0.3 is 5.97 Å². The molecule has 2 N–H and O–H groups in total. The van der Waals surface area contributed by atoms with Gasteiger partial charge in [-0.25, -0.2) is 4.79 Å². The van der Waals surface area contributed by atoms with Crippen LogP contribution in [0.5, 0.6) is 5.75 Å². The van der Waals surface area contributed by atoms with Crippen molar-refractivity contribution in [2.24, 2.45) is 0 Å². The van der Waals surface area contributed by atoms with Crippen molar-refractivity contribution in [1.82, 2.24) is 0 Å². The molecule has 0 saturated heterocycles. The Morgan fingerprint density at radius 2 is 1.57 bits per heavy atom. The Morgan fingerprint density at radius 1 is 0.967 bits per heavy atom. The van der Waals surface area contributed by atoms with E-state index in [4.69, 9.17) is 9.84 Å². The van der Waals surface area contributed by atoms with E-state index >= 15 is 0 Å². The van der Waals surface area contributed by atoms with Crippen molar-refractivity contribution in [3.63, 3.8) is 0 Å². The highest BCUT2D eigenvalue weighted by Gasteiger charge is 2.09. The molecule has 0 aliphatic heterocycles. The summed E-state index contributed by atoms with van der Waals surface area (Å²) in [5, 5.41) is 11.5. The fraction of sp³-hybridized carbons (Fsp3) is 0.652. The fourth-order valence-corrected chi connectivity index (χ4v) is 4.41. The first-order chi connectivity index (χ1) is 14.5. The Kier molecular flexibility index (Phi) is 14.9. The third-order valence-electron chi connectivity index (χ3n) is 4.76. The van der Waals surface area contributed by atoms with E-state index in [0.29, 0.717) is 17.9 Å². The molecule has 6 nitrogen and oxygen atoms in total. The summed E-state index contributed by atoms with van der Waals surface area (Å²) in [7, 11) is 0. The highest BCUT2D eigenvalue weighted by molar-refractivity contribution is 7.91. The number of nitrogens with one attached hydrogen (secondary N) is 1. The molecule has 170 valence electrons. The number of para-hydroxylation sites is 2. The zero-order valence-electron chi connectivity index (χ0n) is 18.2. The molecule has 1 aromatic carbocycles. The van der Waals surface area contributed by atoms with Crippen LogP contribution in [0, 0.1) is 0 Å². The molecule has 1 atom stereocenters. The topological polar surface area (TPSA) is 98.7 Å². The lowest BCUT2D eigenvalue weighted by atomic mass is 10.1. The minimum absolute atomic E-state index is 0.0857. The van der Waals surface area contributed by atoms with Crippen molar-refractivity contribution in [3.05, 3.63) is 24.3 Å². The molecule has 1 rings (SSSR count). The summed E-state index contributed by atoms with van der Waals surface area (Å²) in [6.07, 6.45) is 11.4. The monoisotopic (exact) mass is 439 g/mol. The van der Waals surface area contributed by atoms with E-state index in [1.54, 1.807) is 24.3 Å². The Balaban J connectivity index is 2.05. The molecule has 0 bridgehead atoms. The number of carbonyl (C=O) groups excluding carboxylic acids is 1. The van der Waals surface area contributed by atoms with Crippen LogP contribution in [0.3, 0.4) is 0 Å². The summed E-state index contributed by atoms with van der Waals surface area (Å²) in [6.45, 7) is 1.69. The molecule has 0 spiro atoms. The maximum absolute atomic E-state index is 12.1. The van der Waals surface area contributed by atoms with Gasteiger partial charge in [0.1, 0.15) is 17.3 Å². The molecule has 0 aromatic heterocycles. The fourth-order valence-electron chi connectivity index (χ4n) is 3.06. The van der Waals surface area contributed by atoms with E-state index in [0.717, 1.165) is 56.5 Å². The van der Waals surface area contributed by atoms with Gasteiger partial charge in [0.15, 0.2) is 6.61 Å². The van der Waals surface area contributed by atoms with Gasteiger partial charge in [-0.2, -0.15) is 0 Å². The number of benzene rings is 1. The highest BCUT2D eigenvalue weighted by atomic mass is 32.2. The van der Waals surface area contributed by atoms with Crippen LogP contribution in [0.2, 0.25) is 0 Å². The number of hydrogen-bond donors (Lipinski definition) is 2. The maximum atomic E-state index is 12.1. The summed E-state index contributed by atoms with van der Waals surface area (Å²) >= 11 is -0.628. The number of aliphatic carboxylic acids is 1. The van der Waals surface area contributed by atoms with Gasteiger partial charge in [0.05, 0.1) is 5.69 Å².